The highest BCUT2D eigenvalue weighted by atomic mass is 16.5. The highest BCUT2D eigenvalue weighted by molar-refractivity contribution is 5.13. The summed E-state index contributed by atoms with van der Waals surface area (Å²) < 4.78 is 5.22. The van der Waals surface area contributed by atoms with Crippen molar-refractivity contribution in [3.8, 4) is 0 Å². The second-order valence-electron chi connectivity index (χ2n) is 3.45. The van der Waals surface area contributed by atoms with Crippen LogP contribution in [0.3, 0.4) is 0 Å². The van der Waals surface area contributed by atoms with E-state index in [0.29, 0.717) is 5.88 Å². The van der Waals surface area contributed by atoms with E-state index in [1.165, 1.54) is 0 Å². The Labute approximate surface area is 78.2 Å². The zero-order valence-corrected chi connectivity index (χ0v) is 7.75. The minimum atomic E-state index is 0.480. The van der Waals surface area contributed by atoms with Gasteiger partial charge in [-0.3, -0.25) is 0 Å². The van der Waals surface area contributed by atoms with Crippen molar-refractivity contribution in [2.75, 3.05) is 39.4 Å². The predicted octanol–water partition coefficient (Wildman–Crippen LogP) is 0.0815. The molecule has 0 radical (unpaired) electrons. The first-order chi connectivity index (χ1) is 6.38. The van der Waals surface area contributed by atoms with E-state index in [-0.39, 0.29) is 0 Å². The van der Waals surface area contributed by atoms with Crippen molar-refractivity contribution < 1.29 is 9.84 Å². The lowest BCUT2D eigenvalue weighted by molar-refractivity contribution is 0.0302. The number of ether oxygens (including phenoxy) is 1. The van der Waals surface area contributed by atoms with Gasteiger partial charge >= 0.3 is 0 Å². The first-order valence-electron chi connectivity index (χ1n) is 4.82. The fourth-order valence-corrected chi connectivity index (χ4v) is 1.76. The van der Waals surface area contributed by atoms with Gasteiger partial charge in [-0.25, -0.2) is 0 Å². The van der Waals surface area contributed by atoms with Crippen molar-refractivity contribution >= 4 is 0 Å². The topological polar surface area (TPSA) is 44.7 Å². The van der Waals surface area contributed by atoms with Gasteiger partial charge in [0.15, 0.2) is 5.88 Å². The van der Waals surface area contributed by atoms with Gasteiger partial charge in [-0.1, -0.05) is 0 Å². The predicted molar refractivity (Wildman–Crippen MR) is 49.5 cm³/mol. The summed E-state index contributed by atoms with van der Waals surface area (Å²) in [7, 11) is 0. The van der Waals surface area contributed by atoms with E-state index in [4.69, 9.17) is 4.74 Å². The fourth-order valence-electron chi connectivity index (χ4n) is 1.76. The molecule has 0 spiro atoms. The zero-order chi connectivity index (χ0) is 9.10. The van der Waals surface area contributed by atoms with Gasteiger partial charge in [0.1, 0.15) is 0 Å². The van der Waals surface area contributed by atoms with Crippen LogP contribution in [0.5, 0.6) is 0 Å². The van der Waals surface area contributed by atoms with Gasteiger partial charge in [0.25, 0.3) is 0 Å². The molecule has 2 fully saturated rings. The van der Waals surface area contributed by atoms with Crippen LogP contribution in [0.4, 0.5) is 0 Å². The van der Waals surface area contributed by atoms with Gasteiger partial charge in [0.2, 0.25) is 0 Å². The Morgan fingerprint density at radius 3 is 2.77 bits per heavy atom. The maximum atomic E-state index is 9.88. The van der Waals surface area contributed by atoms with E-state index in [0.717, 1.165) is 51.4 Å². The smallest absolute Gasteiger partial charge is 0.187 e. The highest BCUT2D eigenvalue weighted by Gasteiger charge is 2.18. The zero-order valence-electron chi connectivity index (χ0n) is 7.75. The number of nitrogens with zero attached hydrogens (tertiary/aromatic N) is 1. The molecule has 2 N–H and O–H groups in total. The van der Waals surface area contributed by atoms with Crippen LogP contribution in [0.2, 0.25) is 0 Å². The van der Waals surface area contributed by atoms with Crippen LogP contribution in [0, 0.1) is 0 Å². The molecule has 0 bridgehead atoms. The molecule has 13 heavy (non-hydrogen) atoms. The molecule has 2 aliphatic heterocycles. The summed E-state index contributed by atoms with van der Waals surface area (Å²) in [6, 6.07) is 0. The molecule has 0 atom stereocenters. The normalized spacial score (nSPS) is 27.8. The Morgan fingerprint density at radius 1 is 1.38 bits per heavy atom. The van der Waals surface area contributed by atoms with Gasteiger partial charge in [-0.05, 0) is 13.0 Å². The monoisotopic (exact) mass is 184 g/mol. The Hall–Kier alpha value is -0.740. The Bertz CT molecular complexity index is 202. The molecule has 2 heterocycles. The molecule has 0 aromatic heterocycles. The van der Waals surface area contributed by atoms with Gasteiger partial charge in [0.05, 0.1) is 13.2 Å². The molecule has 0 saturated carbocycles. The van der Waals surface area contributed by atoms with Crippen molar-refractivity contribution in [3.63, 3.8) is 0 Å². The Balaban J connectivity index is 2.00. The molecule has 0 unspecified atom stereocenters. The van der Waals surface area contributed by atoms with E-state index >= 15 is 0 Å². The number of morpholine rings is 1. The van der Waals surface area contributed by atoms with Crippen molar-refractivity contribution in [2.45, 2.75) is 6.42 Å². The first kappa shape index (κ1) is 8.84. The molecule has 0 aromatic rings. The SMILES string of the molecule is O/C(=C1\CCNC1)N1CCOCC1. The quantitative estimate of drug-likeness (QED) is 0.567. The third kappa shape index (κ3) is 1.95. The Kier molecular flexibility index (Phi) is 2.71. The van der Waals surface area contributed by atoms with Gasteiger partial charge in [-0.2, -0.15) is 0 Å². The fraction of sp³-hybridized carbons (Fsp3) is 0.778. The summed E-state index contributed by atoms with van der Waals surface area (Å²) in [4.78, 5) is 2.01. The number of nitrogens with one attached hydrogen (secondary N) is 1. The minimum Gasteiger partial charge on any atom is -0.495 e. The largest absolute Gasteiger partial charge is 0.495 e. The first-order valence-corrected chi connectivity index (χ1v) is 4.82. The van der Waals surface area contributed by atoms with E-state index in [9.17, 15) is 5.11 Å². The summed E-state index contributed by atoms with van der Waals surface area (Å²) in [5, 5.41) is 13.1. The summed E-state index contributed by atoms with van der Waals surface area (Å²) in [5.74, 6) is 0.480. The second-order valence-corrected chi connectivity index (χ2v) is 3.45. The number of aliphatic hydroxyl groups excluding tert-OH is 1. The molecule has 2 rings (SSSR count). The molecule has 74 valence electrons. The van der Waals surface area contributed by atoms with Crippen molar-refractivity contribution in [2.24, 2.45) is 0 Å². The van der Waals surface area contributed by atoms with Gasteiger partial charge < -0.3 is 20.1 Å². The third-order valence-corrected chi connectivity index (χ3v) is 2.57. The molecule has 0 amide bonds. The van der Waals surface area contributed by atoms with Crippen LogP contribution in [-0.4, -0.2) is 49.4 Å². The summed E-state index contributed by atoms with van der Waals surface area (Å²) in [6.07, 6.45) is 0.975. The second kappa shape index (κ2) is 3.98. The van der Waals surface area contributed by atoms with Crippen molar-refractivity contribution in [1.29, 1.82) is 0 Å². The van der Waals surface area contributed by atoms with Crippen LogP contribution >= 0.6 is 0 Å². The molecule has 4 nitrogen and oxygen atoms in total. The standard InChI is InChI=1S/C9H16N2O2/c12-9(8-1-2-10-7-8)11-3-5-13-6-4-11/h10,12H,1-7H2/b9-8+. The van der Waals surface area contributed by atoms with E-state index in [1.54, 1.807) is 0 Å². The van der Waals surface area contributed by atoms with Crippen LogP contribution in [-0.2, 0) is 4.74 Å². The lowest BCUT2D eigenvalue weighted by atomic mass is 10.2. The molecular formula is C9H16N2O2. The van der Waals surface area contributed by atoms with E-state index < -0.39 is 0 Å². The summed E-state index contributed by atoms with van der Waals surface area (Å²) >= 11 is 0. The lowest BCUT2D eigenvalue weighted by Gasteiger charge is -2.28. The molecule has 2 aliphatic rings. The van der Waals surface area contributed by atoms with Crippen LogP contribution in [0.25, 0.3) is 0 Å². The van der Waals surface area contributed by atoms with Crippen molar-refractivity contribution in [3.05, 3.63) is 11.5 Å². The maximum Gasteiger partial charge on any atom is 0.187 e. The third-order valence-electron chi connectivity index (χ3n) is 2.57. The number of hydrogen-bond acceptors (Lipinski definition) is 4. The average molecular weight is 184 g/mol. The van der Waals surface area contributed by atoms with Gasteiger partial charge in [-0.15, -0.1) is 0 Å². The van der Waals surface area contributed by atoms with E-state index in [2.05, 4.69) is 5.32 Å². The van der Waals surface area contributed by atoms with E-state index in [1.807, 2.05) is 4.90 Å². The molecule has 2 saturated heterocycles. The molecule has 0 aliphatic carbocycles. The van der Waals surface area contributed by atoms with Crippen LogP contribution < -0.4 is 5.32 Å². The highest BCUT2D eigenvalue weighted by Crippen LogP contribution is 2.15. The number of hydrogen-bond donors (Lipinski definition) is 2. The number of aliphatic hydroxyl groups is 1. The Morgan fingerprint density at radius 2 is 2.15 bits per heavy atom. The van der Waals surface area contributed by atoms with Crippen LogP contribution in [0.15, 0.2) is 11.5 Å². The number of rotatable bonds is 1. The molecule has 0 aromatic carbocycles. The summed E-state index contributed by atoms with van der Waals surface area (Å²) in [5.41, 5.74) is 1.14. The van der Waals surface area contributed by atoms with Crippen LogP contribution in [0.1, 0.15) is 6.42 Å². The average Bonchev–Trinajstić information content (AvgIpc) is 2.71. The van der Waals surface area contributed by atoms with Crippen molar-refractivity contribution in [1.82, 2.24) is 10.2 Å². The minimum absolute atomic E-state index is 0.480. The maximum absolute atomic E-state index is 9.88. The molecular weight excluding hydrogens is 168 g/mol. The molecule has 4 heteroatoms. The van der Waals surface area contributed by atoms with Gasteiger partial charge in [0, 0.05) is 25.2 Å². The summed E-state index contributed by atoms with van der Waals surface area (Å²) in [6.45, 7) is 4.91. The lowest BCUT2D eigenvalue weighted by Crippen LogP contribution is -2.36.